The third-order valence-electron chi connectivity index (χ3n) is 2.60. The lowest BCUT2D eigenvalue weighted by molar-refractivity contribution is -0.139. The second kappa shape index (κ2) is 6.66. The van der Waals surface area contributed by atoms with Crippen LogP contribution in [-0.2, 0) is 4.79 Å². The highest BCUT2D eigenvalue weighted by Crippen LogP contribution is 2.16. The van der Waals surface area contributed by atoms with E-state index in [9.17, 15) is 9.90 Å². The Labute approximate surface area is 101 Å². The number of hydrogen-bond donors (Lipinski definition) is 1. The zero-order chi connectivity index (χ0) is 12.7. The van der Waals surface area contributed by atoms with Gasteiger partial charge in [0.2, 0.25) is 0 Å². The predicted octanol–water partition coefficient (Wildman–Crippen LogP) is 1.70. The Hall–Kier alpha value is -1.86. The van der Waals surface area contributed by atoms with E-state index in [2.05, 4.69) is 6.07 Å². The van der Waals surface area contributed by atoms with Crippen LogP contribution in [-0.4, -0.2) is 36.1 Å². The minimum atomic E-state index is -0.833. The maximum atomic E-state index is 11.2. The van der Waals surface area contributed by atoms with E-state index in [0.29, 0.717) is 19.5 Å². The van der Waals surface area contributed by atoms with Crippen LogP contribution in [0.25, 0.3) is 0 Å². The Kier molecular flexibility index (Phi) is 5.18. The lowest BCUT2D eigenvalue weighted by Gasteiger charge is -2.20. The molecule has 90 valence electrons. The summed E-state index contributed by atoms with van der Waals surface area (Å²) < 4.78 is 0. The lowest BCUT2D eigenvalue weighted by Crippen LogP contribution is -2.29. The van der Waals surface area contributed by atoms with E-state index in [0.717, 1.165) is 5.56 Å². The molecule has 0 aliphatic carbocycles. The zero-order valence-corrected chi connectivity index (χ0v) is 9.84. The van der Waals surface area contributed by atoms with Crippen molar-refractivity contribution in [3.8, 4) is 6.07 Å². The van der Waals surface area contributed by atoms with E-state index in [-0.39, 0.29) is 0 Å². The van der Waals surface area contributed by atoms with Gasteiger partial charge in [0.15, 0.2) is 0 Å². The smallest absolute Gasteiger partial charge is 0.312 e. The average molecular weight is 232 g/mol. The van der Waals surface area contributed by atoms with Crippen molar-refractivity contribution in [3.05, 3.63) is 35.9 Å². The number of hydrogen-bond acceptors (Lipinski definition) is 3. The molecule has 17 heavy (non-hydrogen) atoms. The number of likely N-dealkylation sites (N-methyl/N-ethyl adjacent to an activating group) is 1. The number of aliphatic carboxylic acids is 1. The first-order valence-electron chi connectivity index (χ1n) is 5.48. The fraction of sp³-hybridized carbons (Fsp3) is 0.385. The Bertz CT molecular complexity index is 398. The number of rotatable bonds is 6. The van der Waals surface area contributed by atoms with Crippen molar-refractivity contribution in [1.82, 2.24) is 4.90 Å². The first-order valence-corrected chi connectivity index (χ1v) is 5.48. The molecule has 0 amide bonds. The Morgan fingerprint density at radius 1 is 1.47 bits per heavy atom. The summed E-state index contributed by atoms with van der Waals surface area (Å²) in [6.45, 7) is 1.01. The van der Waals surface area contributed by atoms with E-state index < -0.39 is 11.9 Å². The van der Waals surface area contributed by atoms with Gasteiger partial charge in [0, 0.05) is 19.5 Å². The molecule has 0 saturated carbocycles. The quantitative estimate of drug-likeness (QED) is 0.810. The predicted molar refractivity (Wildman–Crippen MR) is 64.5 cm³/mol. The minimum absolute atomic E-state index is 0.414. The van der Waals surface area contributed by atoms with Crippen LogP contribution in [0.15, 0.2) is 30.3 Å². The second-order valence-electron chi connectivity index (χ2n) is 3.97. The molecule has 4 nitrogen and oxygen atoms in total. The highest BCUT2D eigenvalue weighted by molar-refractivity contribution is 5.76. The Balaban J connectivity index is 2.68. The van der Waals surface area contributed by atoms with Crippen molar-refractivity contribution in [2.24, 2.45) is 0 Å². The maximum Gasteiger partial charge on any atom is 0.312 e. The molecule has 1 atom stereocenters. The number of carboxylic acid groups (broad SMARTS) is 1. The maximum absolute atomic E-state index is 11.2. The topological polar surface area (TPSA) is 64.3 Å². The van der Waals surface area contributed by atoms with Crippen LogP contribution in [0.2, 0.25) is 0 Å². The van der Waals surface area contributed by atoms with Crippen LogP contribution in [0.4, 0.5) is 0 Å². The number of nitriles is 1. The van der Waals surface area contributed by atoms with Crippen LogP contribution < -0.4 is 0 Å². The first kappa shape index (κ1) is 13.2. The largest absolute Gasteiger partial charge is 0.481 e. The van der Waals surface area contributed by atoms with Crippen LogP contribution in [0.5, 0.6) is 0 Å². The SMILES string of the molecule is CN(CCC#N)CC(C(=O)O)c1ccccc1. The number of benzene rings is 1. The van der Waals surface area contributed by atoms with Gasteiger partial charge in [-0.1, -0.05) is 30.3 Å². The second-order valence-corrected chi connectivity index (χ2v) is 3.97. The molecule has 1 aromatic rings. The molecule has 0 spiro atoms. The summed E-state index contributed by atoms with van der Waals surface area (Å²) in [5.41, 5.74) is 0.795. The fourth-order valence-corrected chi connectivity index (χ4v) is 1.66. The molecule has 0 saturated heterocycles. The number of carboxylic acids is 1. The van der Waals surface area contributed by atoms with Gasteiger partial charge < -0.3 is 10.0 Å². The Morgan fingerprint density at radius 2 is 2.12 bits per heavy atom. The summed E-state index contributed by atoms with van der Waals surface area (Å²) in [6.07, 6.45) is 0.414. The molecule has 1 unspecified atom stereocenters. The summed E-state index contributed by atoms with van der Waals surface area (Å²) in [4.78, 5) is 13.1. The summed E-state index contributed by atoms with van der Waals surface area (Å²) in [5.74, 6) is -1.38. The van der Waals surface area contributed by atoms with Gasteiger partial charge in [-0.05, 0) is 12.6 Å². The summed E-state index contributed by atoms with van der Waals surface area (Å²) >= 11 is 0. The van der Waals surface area contributed by atoms with Gasteiger partial charge in [-0.2, -0.15) is 5.26 Å². The summed E-state index contributed by atoms with van der Waals surface area (Å²) in [7, 11) is 1.83. The van der Waals surface area contributed by atoms with Gasteiger partial charge in [0.25, 0.3) is 0 Å². The summed E-state index contributed by atoms with van der Waals surface area (Å²) in [6, 6.07) is 11.2. The van der Waals surface area contributed by atoms with Crippen LogP contribution in [0.3, 0.4) is 0 Å². The molecule has 0 aromatic heterocycles. The minimum Gasteiger partial charge on any atom is -0.481 e. The molecule has 0 heterocycles. The standard InChI is InChI=1S/C13H16N2O2/c1-15(9-5-8-14)10-12(13(16)17)11-6-3-2-4-7-11/h2-4,6-7,12H,5,9-10H2,1H3,(H,16,17). The van der Waals surface area contributed by atoms with Crippen molar-refractivity contribution in [1.29, 1.82) is 5.26 Å². The van der Waals surface area contributed by atoms with E-state index in [1.807, 2.05) is 42.3 Å². The van der Waals surface area contributed by atoms with E-state index in [1.165, 1.54) is 0 Å². The molecule has 1 rings (SSSR count). The third-order valence-corrected chi connectivity index (χ3v) is 2.60. The number of carbonyl (C=O) groups is 1. The van der Waals surface area contributed by atoms with E-state index in [4.69, 9.17) is 5.26 Å². The van der Waals surface area contributed by atoms with Gasteiger partial charge in [0.05, 0.1) is 12.0 Å². The Morgan fingerprint density at radius 3 is 2.65 bits per heavy atom. The van der Waals surface area contributed by atoms with Crippen LogP contribution in [0, 0.1) is 11.3 Å². The molecule has 0 aliphatic heterocycles. The van der Waals surface area contributed by atoms with Gasteiger partial charge in [0.1, 0.15) is 0 Å². The molecular weight excluding hydrogens is 216 g/mol. The van der Waals surface area contributed by atoms with Gasteiger partial charge in [-0.15, -0.1) is 0 Å². The molecule has 1 N–H and O–H groups in total. The monoisotopic (exact) mass is 232 g/mol. The first-order chi connectivity index (χ1) is 8.15. The molecular formula is C13H16N2O2. The van der Waals surface area contributed by atoms with Crippen molar-refractivity contribution in [3.63, 3.8) is 0 Å². The fourth-order valence-electron chi connectivity index (χ4n) is 1.66. The highest BCUT2D eigenvalue weighted by atomic mass is 16.4. The number of nitrogens with zero attached hydrogens (tertiary/aromatic N) is 2. The van der Waals surface area contributed by atoms with Crippen molar-refractivity contribution in [2.75, 3.05) is 20.1 Å². The summed E-state index contributed by atoms with van der Waals surface area (Å²) in [5, 5.41) is 17.7. The lowest BCUT2D eigenvalue weighted by atomic mass is 9.99. The third kappa shape index (κ3) is 4.25. The van der Waals surface area contributed by atoms with Crippen molar-refractivity contribution in [2.45, 2.75) is 12.3 Å². The molecule has 0 radical (unpaired) electrons. The van der Waals surface area contributed by atoms with E-state index in [1.54, 1.807) is 0 Å². The van der Waals surface area contributed by atoms with Gasteiger partial charge in [-0.3, -0.25) is 4.79 Å². The van der Waals surface area contributed by atoms with E-state index >= 15 is 0 Å². The molecule has 0 bridgehead atoms. The molecule has 0 fully saturated rings. The average Bonchev–Trinajstić information content (AvgIpc) is 2.34. The van der Waals surface area contributed by atoms with Crippen molar-refractivity contribution < 1.29 is 9.90 Å². The van der Waals surface area contributed by atoms with Gasteiger partial charge >= 0.3 is 5.97 Å². The van der Waals surface area contributed by atoms with Crippen molar-refractivity contribution >= 4 is 5.97 Å². The van der Waals surface area contributed by atoms with Crippen LogP contribution >= 0.6 is 0 Å². The normalized spacial score (nSPS) is 12.1. The highest BCUT2D eigenvalue weighted by Gasteiger charge is 2.21. The molecule has 4 heteroatoms. The molecule has 0 aliphatic rings. The zero-order valence-electron chi connectivity index (χ0n) is 9.84. The molecule has 1 aromatic carbocycles. The van der Waals surface area contributed by atoms with Gasteiger partial charge in [-0.25, -0.2) is 0 Å². The van der Waals surface area contributed by atoms with Crippen LogP contribution in [0.1, 0.15) is 17.9 Å².